The van der Waals surface area contributed by atoms with Gasteiger partial charge in [0.05, 0.1) is 11.1 Å². The number of benzene rings is 1. The molecule has 1 fully saturated rings. The number of para-hydroxylation sites is 1. The van der Waals surface area contributed by atoms with E-state index in [0.29, 0.717) is 18.7 Å². The van der Waals surface area contributed by atoms with Crippen molar-refractivity contribution in [2.24, 2.45) is 0 Å². The lowest BCUT2D eigenvalue weighted by Crippen LogP contribution is -2.49. The first-order chi connectivity index (χ1) is 14.3. The van der Waals surface area contributed by atoms with E-state index >= 15 is 0 Å². The van der Waals surface area contributed by atoms with Crippen LogP contribution in [0.3, 0.4) is 0 Å². The lowest BCUT2D eigenvalue weighted by molar-refractivity contribution is 0.0746. The fraction of sp³-hybridized carbons (Fsp3) is 0.174. The Morgan fingerprint density at radius 1 is 0.966 bits per heavy atom. The number of hydrogen-bond donors (Lipinski definition) is 0. The fourth-order valence-corrected chi connectivity index (χ4v) is 4.43. The molecule has 0 unspecified atom stereocenters. The molecule has 0 bridgehead atoms. The van der Waals surface area contributed by atoms with E-state index < -0.39 is 0 Å². The number of nitrogens with zero attached hydrogens (tertiary/aromatic N) is 4. The summed E-state index contributed by atoms with van der Waals surface area (Å²) in [5.41, 5.74) is 4.04. The Bertz CT molecular complexity index is 1140. The Balaban J connectivity index is 1.37. The van der Waals surface area contributed by atoms with Crippen LogP contribution >= 0.6 is 11.3 Å². The molecule has 1 aromatic carbocycles. The van der Waals surface area contributed by atoms with E-state index in [9.17, 15) is 4.79 Å². The van der Waals surface area contributed by atoms with Crippen LogP contribution in [0.25, 0.3) is 22.0 Å². The van der Waals surface area contributed by atoms with Crippen LogP contribution < -0.4 is 4.90 Å². The van der Waals surface area contributed by atoms with Gasteiger partial charge in [-0.05, 0) is 46.7 Å². The van der Waals surface area contributed by atoms with Crippen molar-refractivity contribution in [1.29, 1.82) is 0 Å². The molecule has 6 heteroatoms. The van der Waals surface area contributed by atoms with E-state index in [1.807, 2.05) is 11.0 Å². The average molecular weight is 401 g/mol. The average Bonchev–Trinajstić information content (AvgIpc) is 3.33. The molecule has 1 aliphatic heterocycles. The van der Waals surface area contributed by atoms with E-state index in [4.69, 9.17) is 4.98 Å². The molecule has 144 valence electrons. The molecule has 0 spiro atoms. The van der Waals surface area contributed by atoms with E-state index in [1.54, 1.807) is 29.8 Å². The van der Waals surface area contributed by atoms with Crippen LogP contribution in [-0.2, 0) is 0 Å². The van der Waals surface area contributed by atoms with Crippen molar-refractivity contribution in [1.82, 2.24) is 14.9 Å². The lowest BCUT2D eigenvalue weighted by atomic mass is 10.0. The number of carbonyl (C=O) groups excluding carboxylic acids is 1. The molecule has 4 aromatic rings. The number of anilines is 1. The topological polar surface area (TPSA) is 49.3 Å². The molecule has 3 aromatic heterocycles. The summed E-state index contributed by atoms with van der Waals surface area (Å²) in [5.74, 6) is 1.01. The van der Waals surface area contributed by atoms with E-state index in [2.05, 4.69) is 57.0 Å². The number of rotatable bonds is 3. The number of aromatic nitrogens is 2. The zero-order valence-electron chi connectivity index (χ0n) is 15.9. The van der Waals surface area contributed by atoms with Crippen molar-refractivity contribution in [3.63, 3.8) is 0 Å². The van der Waals surface area contributed by atoms with Crippen LogP contribution in [0.1, 0.15) is 10.4 Å². The zero-order valence-corrected chi connectivity index (χ0v) is 16.7. The lowest BCUT2D eigenvalue weighted by Gasteiger charge is -2.35. The number of carbonyl (C=O) groups is 1. The highest BCUT2D eigenvalue weighted by Gasteiger charge is 2.23. The van der Waals surface area contributed by atoms with E-state index in [1.165, 1.54) is 5.56 Å². The Morgan fingerprint density at radius 3 is 2.62 bits per heavy atom. The molecule has 0 radical (unpaired) electrons. The van der Waals surface area contributed by atoms with Crippen molar-refractivity contribution < 1.29 is 4.79 Å². The van der Waals surface area contributed by atoms with Crippen LogP contribution in [0.15, 0.2) is 71.7 Å². The molecule has 0 aliphatic carbocycles. The molecule has 0 atom stereocenters. The molecule has 29 heavy (non-hydrogen) atoms. The smallest absolute Gasteiger partial charge is 0.255 e. The van der Waals surface area contributed by atoms with Crippen molar-refractivity contribution >= 4 is 34.0 Å². The predicted octanol–water partition coefficient (Wildman–Crippen LogP) is 4.32. The third-order valence-electron chi connectivity index (χ3n) is 5.34. The van der Waals surface area contributed by atoms with Crippen LogP contribution in [0.2, 0.25) is 0 Å². The third kappa shape index (κ3) is 3.47. The maximum Gasteiger partial charge on any atom is 0.255 e. The van der Waals surface area contributed by atoms with Gasteiger partial charge in [-0.1, -0.05) is 18.2 Å². The van der Waals surface area contributed by atoms with Gasteiger partial charge in [-0.3, -0.25) is 9.78 Å². The second-order valence-corrected chi connectivity index (χ2v) is 7.86. The molecule has 1 amide bonds. The fourth-order valence-electron chi connectivity index (χ4n) is 3.77. The number of thiophene rings is 1. The Hall–Kier alpha value is -3.25. The van der Waals surface area contributed by atoms with Crippen LogP contribution in [0, 0.1) is 0 Å². The minimum atomic E-state index is 0.0453. The Labute approximate surface area is 173 Å². The highest BCUT2D eigenvalue weighted by molar-refractivity contribution is 7.08. The first-order valence-electron chi connectivity index (χ1n) is 9.66. The number of piperazine rings is 1. The van der Waals surface area contributed by atoms with Gasteiger partial charge in [-0.25, -0.2) is 4.98 Å². The van der Waals surface area contributed by atoms with Gasteiger partial charge in [0.2, 0.25) is 0 Å². The van der Waals surface area contributed by atoms with Gasteiger partial charge in [-0.15, -0.1) is 0 Å². The maximum atomic E-state index is 12.6. The predicted molar refractivity (Wildman–Crippen MR) is 117 cm³/mol. The van der Waals surface area contributed by atoms with Crippen LogP contribution in [0.4, 0.5) is 5.82 Å². The van der Waals surface area contributed by atoms with Gasteiger partial charge >= 0.3 is 0 Å². The Morgan fingerprint density at radius 2 is 1.86 bits per heavy atom. The SMILES string of the molecule is O=C(c1cccnc1)N1CCN(c2ccc3cccc(-c4ccsc4)c3n2)CC1. The second-order valence-electron chi connectivity index (χ2n) is 7.08. The standard InChI is InChI=1S/C23H20N4OS/c28-23(18-4-2-9-24-15-18)27-12-10-26(11-13-27)21-7-6-17-3-1-5-20(22(17)25-21)19-8-14-29-16-19/h1-9,14-16H,10-13H2. The molecular weight excluding hydrogens is 380 g/mol. The number of fused-ring (bicyclic) bond motifs is 1. The summed E-state index contributed by atoms with van der Waals surface area (Å²) >= 11 is 1.70. The van der Waals surface area contributed by atoms with E-state index in [0.717, 1.165) is 35.4 Å². The molecule has 1 saturated heterocycles. The van der Waals surface area contributed by atoms with Gasteiger partial charge in [0.15, 0.2) is 0 Å². The molecule has 1 aliphatic rings. The van der Waals surface area contributed by atoms with Crippen LogP contribution in [-0.4, -0.2) is 47.0 Å². The van der Waals surface area contributed by atoms with Crippen LogP contribution in [0.5, 0.6) is 0 Å². The van der Waals surface area contributed by atoms with Crippen molar-refractivity contribution in [2.75, 3.05) is 31.1 Å². The minimum Gasteiger partial charge on any atom is -0.353 e. The van der Waals surface area contributed by atoms with Gasteiger partial charge < -0.3 is 9.80 Å². The molecule has 5 nitrogen and oxygen atoms in total. The van der Waals surface area contributed by atoms with Gasteiger partial charge in [0.1, 0.15) is 5.82 Å². The number of pyridine rings is 2. The summed E-state index contributed by atoms with van der Waals surface area (Å²) in [5, 5.41) is 5.39. The summed E-state index contributed by atoms with van der Waals surface area (Å²) in [6.07, 6.45) is 3.32. The third-order valence-corrected chi connectivity index (χ3v) is 6.02. The summed E-state index contributed by atoms with van der Waals surface area (Å²) in [6, 6.07) is 16.3. The van der Waals surface area contributed by atoms with Gasteiger partial charge in [-0.2, -0.15) is 11.3 Å². The molecule has 0 saturated carbocycles. The zero-order chi connectivity index (χ0) is 19.6. The summed E-state index contributed by atoms with van der Waals surface area (Å²) in [7, 11) is 0. The minimum absolute atomic E-state index is 0.0453. The number of amides is 1. The maximum absolute atomic E-state index is 12.6. The quantitative estimate of drug-likeness (QED) is 0.514. The molecular formula is C23H20N4OS. The van der Waals surface area contributed by atoms with Gasteiger partial charge in [0, 0.05) is 49.5 Å². The highest BCUT2D eigenvalue weighted by atomic mass is 32.1. The Kier molecular flexibility index (Phi) is 4.69. The largest absolute Gasteiger partial charge is 0.353 e. The second kappa shape index (κ2) is 7.64. The normalized spacial score (nSPS) is 14.3. The summed E-state index contributed by atoms with van der Waals surface area (Å²) < 4.78 is 0. The summed E-state index contributed by atoms with van der Waals surface area (Å²) in [4.78, 5) is 25.9. The first-order valence-corrected chi connectivity index (χ1v) is 10.6. The molecule has 5 rings (SSSR count). The van der Waals surface area contributed by atoms with Gasteiger partial charge in [0.25, 0.3) is 5.91 Å². The first kappa shape index (κ1) is 17.8. The number of hydrogen-bond acceptors (Lipinski definition) is 5. The van der Waals surface area contributed by atoms with Crippen molar-refractivity contribution in [2.45, 2.75) is 0 Å². The van der Waals surface area contributed by atoms with Crippen molar-refractivity contribution in [3.05, 3.63) is 77.2 Å². The van der Waals surface area contributed by atoms with Crippen molar-refractivity contribution in [3.8, 4) is 11.1 Å². The summed E-state index contributed by atoms with van der Waals surface area (Å²) in [6.45, 7) is 2.90. The molecule has 4 heterocycles. The highest BCUT2D eigenvalue weighted by Crippen LogP contribution is 2.30. The monoisotopic (exact) mass is 400 g/mol. The van der Waals surface area contributed by atoms with E-state index in [-0.39, 0.29) is 5.91 Å². The molecule has 0 N–H and O–H groups in total.